The minimum atomic E-state index is 0.516. The van der Waals surface area contributed by atoms with Gasteiger partial charge in [0.25, 0.3) is 0 Å². The van der Waals surface area contributed by atoms with Crippen LogP contribution >= 0.6 is 11.6 Å². The molecule has 0 saturated carbocycles. The molecule has 0 bridgehead atoms. The number of hydrogen-bond acceptors (Lipinski definition) is 2. The largest absolute Gasteiger partial charge is 0.316 e. The van der Waals surface area contributed by atoms with Crippen LogP contribution in [0.4, 0.5) is 0 Å². The van der Waals surface area contributed by atoms with Gasteiger partial charge in [-0.05, 0) is 38.7 Å². The van der Waals surface area contributed by atoms with Crippen LogP contribution in [0.3, 0.4) is 0 Å². The van der Waals surface area contributed by atoms with Crippen molar-refractivity contribution >= 4 is 11.6 Å². The third kappa shape index (κ3) is 4.65. The molecule has 0 amide bonds. The molecule has 3 heteroatoms. The minimum Gasteiger partial charge on any atom is -0.316 e. The minimum absolute atomic E-state index is 0.516. The Hall–Kier alpha value is -0.570. The first-order valence-corrected chi connectivity index (χ1v) is 5.60. The van der Waals surface area contributed by atoms with E-state index in [4.69, 9.17) is 11.6 Å². The van der Waals surface area contributed by atoms with E-state index in [0.717, 1.165) is 18.1 Å². The van der Waals surface area contributed by atoms with Gasteiger partial charge in [-0.25, -0.2) is 0 Å². The standard InChI is InChI=1S/C12H19ClN2/c1-10(14-2)8-15(3)9-11-4-6-12(13)7-5-11/h4-7,10,14H,8-9H2,1-3H3. The van der Waals surface area contributed by atoms with E-state index in [0.29, 0.717) is 6.04 Å². The van der Waals surface area contributed by atoms with Crippen molar-refractivity contribution in [1.82, 2.24) is 10.2 Å². The van der Waals surface area contributed by atoms with Crippen LogP contribution in [0.25, 0.3) is 0 Å². The van der Waals surface area contributed by atoms with Crippen LogP contribution in [-0.2, 0) is 6.54 Å². The second kappa shape index (κ2) is 6.11. The van der Waals surface area contributed by atoms with Crippen molar-refractivity contribution in [2.24, 2.45) is 0 Å². The first kappa shape index (κ1) is 12.5. The van der Waals surface area contributed by atoms with Gasteiger partial charge in [0.1, 0.15) is 0 Å². The maximum atomic E-state index is 5.83. The van der Waals surface area contributed by atoms with Crippen molar-refractivity contribution in [3.8, 4) is 0 Å². The van der Waals surface area contributed by atoms with Gasteiger partial charge in [-0.1, -0.05) is 23.7 Å². The van der Waals surface area contributed by atoms with E-state index in [1.807, 2.05) is 19.2 Å². The summed E-state index contributed by atoms with van der Waals surface area (Å²) in [5, 5.41) is 4.02. The van der Waals surface area contributed by atoms with Gasteiger partial charge < -0.3 is 10.2 Å². The van der Waals surface area contributed by atoms with Crippen LogP contribution in [0.15, 0.2) is 24.3 Å². The summed E-state index contributed by atoms with van der Waals surface area (Å²) in [6.07, 6.45) is 0. The molecule has 0 aliphatic carbocycles. The Labute approximate surface area is 97.2 Å². The summed E-state index contributed by atoms with van der Waals surface area (Å²) in [5.41, 5.74) is 1.30. The molecule has 0 saturated heterocycles. The number of hydrogen-bond donors (Lipinski definition) is 1. The Morgan fingerprint density at radius 2 is 1.93 bits per heavy atom. The number of benzene rings is 1. The molecule has 0 aliphatic rings. The third-order valence-electron chi connectivity index (χ3n) is 2.44. The van der Waals surface area contributed by atoms with Crippen molar-refractivity contribution in [2.75, 3.05) is 20.6 Å². The Kier molecular flexibility index (Phi) is 5.09. The molecule has 2 nitrogen and oxygen atoms in total. The Bertz CT molecular complexity index is 284. The SMILES string of the molecule is CNC(C)CN(C)Cc1ccc(Cl)cc1. The Balaban J connectivity index is 2.44. The summed E-state index contributed by atoms with van der Waals surface area (Å²) in [6.45, 7) is 4.18. The van der Waals surface area contributed by atoms with Crippen LogP contribution in [-0.4, -0.2) is 31.6 Å². The molecule has 1 rings (SSSR count). The van der Waals surface area contributed by atoms with Gasteiger partial charge >= 0.3 is 0 Å². The van der Waals surface area contributed by atoms with Gasteiger partial charge in [0.05, 0.1) is 0 Å². The Morgan fingerprint density at radius 1 is 1.33 bits per heavy atom. The molecule has 0 aliphatic heterocycles. The van der Waals surface area contributed by atoms with E-state index >= 15 is 0 Å². The summed E-state index contributed by atoms with van der Waals surface area (Å²) in [6, 6.07) is 8.53. The maximum Gasteiger partial charge on any atom is 0.0406 e. The van der Waals surface area contributed by atoms with Crippen molar-refractivity contribution in [1.29, 1.82) is 0 Å². The second-order valence-corrected chi connectivity index (χ2v) is 4.45. The average Bonchev–Trinajstić information content (AvgIpc) is 2.21. The van der Waals surface area contributed by atoms with Crippen LogP contribution < -0.4 is 5.32 Å². The van der Waals surface area contributed by atoms with Gasteiger partial charge in [-0.3, -0.25) is 0 Å². The van der Waals surface area contributed by atoms with Crippen molar-refractivity contribution in [3.63, 3.8) is 0 Å². The molecular formula is C12H19ClN2. The van der Waals surface area contributed by atoms with Crippen LogP contribution in [0.1, 0.15) is 12.5 Å². The lowest BCUT2D eigenvalue weighted by atomic mass is 10.2. The summed E-state index contributed by atoms with van der Waals surface area (Å²) < 4.78 is 0. The quantitative estimate of drug-likeness (QED) is 0.830. The average molecular weight is 227 g/mol. The van der Waals surface area contributed by atoms with Gasteiger partial charge in [0, 0.05) is 24.2 Å². The van der Waals surface area contributed by atoms with Gasteiger partial charge in [-0.15, -0.1) is 0 Å². The molecule has 1 atom stereocenters. The fourth-order valence-electron chi connectivity index (χ4n) is 1.52. The zero-order valence-corrected chi connectivity index (χ0v) is 10.4. The zero-order chi connectivity index (χ0) is 11.3. The van der Waals surface area contributed by atoms with E-state index in [2.05, 4.69) is 36.3 Å². The number of halogens is 1. The smallest absolute Gasteiger partial charge is 0.0406 e. The fourth-order valence-corrected chi connectivity index (χ4v) is 1.65. The lowest BCUT2D eigenvalue weighted by molar-refractivity contribution is 0.295. The van der Waals surface area contributed by atoms with E-state index in [1.165, 1.54) is 5.56 Å². The molecule has 15 heavy (non-hydrogen) atoms. The van der Waals surface area contributed by atoms with Crippen LogP contribution in [0.2, 0.25) is 5.02 Å². The fraction of sp³-hybridized carbons (Fsp3) is 0.500. The number of nitrogens with one attached hydrogen (secondary N) is 1. The highest BCUT2D eigenvalue weighted by Gasteiger charge is 2.04. The van der Waals surface area contributed by atoms with E-state index < -0.39 is 0 Å². The summed E-state index contributed by atoms with van der Waals surface area (Å²) in [5.74, 6) is 0. The van der Waals surface area contributed by atoms with Gasteiger partial charge in [0.2, 0.25) is 0 Å². The van der Waals surface area contributed by atoms with Crippen molar-refractivity contribution in [2.45, 2.75) is 19.5 Å². The lowest BCUT2D eigenvalue weighted by Crippen LogP contribution is -2.34. The maximum absolute atomic E-state index is 5.83. The highest BCUT2D eigenvalue weighted by molar-refractivity contribution is 6.30. The number of nitrogens with zero attached hydrogens (tertiary/aromatic N) is 1. The lowest BCUT2D eigenvalue weighted by Gasteiger charge is -2.20. The molecule has 0 aromatic heterocycles. The molecule has 0 heterocycles. The van der Waals surface area contributed by atoms with Crippen molar-refractivity contribution < 1.29 is 0 Å². The first-order chi connectivity index (χ1) is 7.11. The van der Waals surface area contributed by atoms with Crippen LogP contribution in [0, 0.1) is 0 Å². The molecule has 0 fully saturated rings. The highest BCUT2D eigenvalue weighted by atomic mass is 35.5. The van der Waals surface area contributed by atoms with Crippen molar-refractivity contribution in [3.05, 3.63) is 34.9 Å². The predicted octanol–water partition coefficient (Wildman–Crippen LogP) is 2.38. The van der Waals surface area contributed by atoms with E-state index in [9.17, 15) is 0 Å². The van der Waals surface area contributed by atoms with Gasteiger partial charge in [-0.2, -0.15) is 0 Å². The zero-order valence-electron chi connectivity index (χ0n) is 9.63. The Morgan fingerprint density at radius 3 is 2.47 bits per heavy atom. The van der Waals surface area contributed by atoms with E-state index in [-0.39, 0.29) is 0 Å². The number of rotatable bonds is 5. The normalized spacial score (nSPS) is 13.1. The molecular weight excluding hydrogens is 208 g/mol. The molecule has 1 aromatic carbocycles. The third-order valence-corrected chi connectivity index (χ3v) is 2.70. The first-order valence-electron chi connectivity index (χ1n) is 5.22. The topological polar surface area (TPSA) is 15.3 Å². The predicted molar refractivity (Wildman–Crippen MR) is 66.3 cm³/mol. The van der Waals surface area contributed by atoms with Gasteiger partial charge in [0.15, 0.2) is 0 Å². The summed E-state index contributed by atoms with van der Waals surface area (Å²) in [4.78, 5) is 2.30. The molecule has 84 valence electrons. The molecule has 1 unspecified atom stereocenters. The number of likely N-dealkylation sites (N-methyl/N-ethyl adjacent to an activating group) is 2. The molecule has 0 radical (unpaired) electrons. The molecule has 1 aromatic rings. The summed E-state index contributed by atoms with van der Waals surface area (Å²) in [7, 11) is 4.11. The van der Waals surface area contributed by atoms with Crippen LogP contribution in [0.5, 0.6) is 0 Å². The second-order valence-electron chi connectivity index (χ2n) is 4.01. The molecule has 0 spiro atoms. The van der Waals surface area contributed by atoms with E-state index in [1.54, 1.807) is 0 Å². The molecule has 1 N–H and O–H groups in total. The highest BCUT2D eigenvalue weighted by Crippen LogP contribution is 2.10. The summed E-state index contributed by atoms with van der Waals surface area (Å²) >= 11 is 5.83. The monoisotopic (exact) mass is 226 g/mol.